The molecule has 4 N–H and O–H groups in total. The second-order valence-electron chi connectivity index (χ2n) is 9.45. The van der Waals surface area contributed by atoms with Gasteiger partial charge in [0.2, 0.25) is 23.6 Å². The van der Waals surface area contributed by atoms with Gasteiger partial charge in [0.1, 0.15) is 0 Å². The summed E-state index contributed by atoms with van der Waals surface area (Å²) in [6, 6.07) is 7.88. The Bertz CT molecular complexity index is 707. The van der Waals surface area contributed by atoms with Gasteiger partial charge >= 0.3 is 0 Å². The lowest BCUT2D eigenvalue weighted by atomic mass is 10.1. The Morgan fingerprint density at radius 1 is 0.500 bits per heavy atom. The molecule has 0 aliphatic heterocycles. The van der Waals surface area contributed by atoms with Gasteiger partial charge in [0.25, 0.3) is 0 Å². The number of nitrogens with one attached hydrogen (secondary N) is 4. The van der Waals surface area contributed by atoms with Crippen LogP contribution in [0.1, 0.15) is 66.5 Å². The Morgan fingerprint density at radius 3 is 0.971 bits per heavy atom. The van der Waals surface area contributed by atoms with Gasteiger partial charge in [-0.05, 0) is 11.1 Å². The molecule has 34 heavy (non-hydrogen) atoms. The fraction of sp³-hybridized carbons (Fsp3) is 0.615. The van der Waals surface area contributed by atoms with Gasteiger partial charge in [-0.3, -0.25) is 19.2 Å². The molecule has 192 valence electrons. The van der Waals surface area contributed by atoms with E-state index in [2.05, 4.69) is 21.3 Å². The van der Waals surface area contributed by atoms with Crippen LogP contribution in [-0.4, -0.2) is 36.7 Å². The summed E-state index contributed by atoms with van der Waals surface area (Å²) in [7, 11) is 0. The molecule has 0 aromatic heterocycles. The highest BCUT2D eigenvalue weighted by Crippen LogP contribution is 2.05. The summed E-state index contributed by atoms with van der Waals surface area (Å²) in [6.07, 6.45) is 0. The first-order chi connectivity index (χ1) is 15.8. The smallest absolute Gasteiger partial charge is 0.222 e. The molecule has 0 aliphatic carbocycles. The van der Waals surface area contributed by atoms with E-state index in [9.17, 15) is 19.2 Å². The number of carbonyl (C=O) groups is 4. The van der Waals surface area contributed by atoms with E-state index in [0.717, 1.165) is 11.1 Å². The second-order valence-corrected chi connectivity index (χ2v) is 9.45. The predicted octanol–water partition coefficient (Wildman–Crippen LogP) is 2.76. The maximum absolute atomic E-state index is 11.5. The lowest BCUT2D eigenvalue weighted by molar-refractivity contribution is -0.125. The van der Waals surface area contributed by atoms with Crippen molar-refractivity contribution in [3.8, 4) is 0 Å². The van der Waals surface area contributed by atoms with Crippen LogP contribution in [0.15, 0.2) is 24.3 Å². The lowest BCUT2D eigenvalue weighted by Gasteiger charge is -2.10. The molecule has 0 unspecified atom stereocenters. The minimum Gasteiger partial charge on any atom is -0.354 e. The molecule has 8 heteroatoms. The Kier molecular flexibility index (Phi) is 15.3. The molecule has 1 rings (SSSR count). The largest absolute Gasteiger partial charge is 0.354 e. The second kappa shape index (κ2) is 16.7. The molecular weight excluding hydrogens is 432 g/mol. The normalized spacial score (nSPS) is 10.6. The summed E-state index contributed by atoms with van der Waals surface area (Å²) >= 11 is 0. The molecule has 1 aromatic carbocycles. The molecular formula is C26H44N4O4. The van der Waals surface area contributed by atoms with Crippen LogP contribution in [0.4, 0.5) is 0 Å². The van der Waals surface area contributed by atoms with Crippen LogP contribution in [0, 0.1) is 23.7 Å². The standard InChI is InChI=1S/C16H24N2O2.C10H20N2O2/c1-11(2)15(19)17-9-13-5-7-14(8-6-13)10-18-16(20)12(3)4;1-7(2)9(13)11-5-6-12-10(14)8(3)4/h5-8,11-12H,9-10H2,1-4H3,(H,17,19)(H,18,20);7-8H,5-6H2,1-4H3,(H,11,13)(H,12,14). The van der Waals surface area contributed by atoms with Gasteiger partial charge in [-0.15, -0.1) is 0 Å². The van der Waals surface area contributed by atoms with E-state index in [1.54, 1.807) is 0 Å². The molecule has 0 fully saturated rings. The molecule has 0 heterocycles. The highest BCUT2D eigenvalue weighted by molar-refractivity contribution is 5.79. The van der Waals surface area contributed by atoms with Crippen LogP contribution in [0.3, 0.4) is 0 Å². The Hall–Kier alpha value is -2.90. The Balaban J connectivity index is 0.000000686. The van der Waals surface area contributed by atoms with Crippen LogP contribution in [0.25, 0.3) is 0 Å². The first-order valence-electron chi connectivity index (χ1n) is 12.0. The van der Waals surface area contributed by atoms with Crippen molar-refractivity contribution >= 4 is 23.6 Å². The summed E-state index contributed by atoms with van der Waals surface area (Å²) in [6.45, 7) is 16.9. The van der Waals surface area contributed by atoms with Gasteiger partial charge in [0.05, 0.1) is 0 Å². The topological polar surface area (TPSA) is 116 Å². The zero-order chi connectivity index (χ0) is 26.3. The van der Waals surface area contributed by atoms with Crippen molar-refractivity contribution in [2.24, 2.45) is 23.7 Å². The van der Waals surface area contributed by atoms with Gasteiger partial charge in [0, 0.05) is 49.9 Å². The first-order valence-corrected chi connectivity index (χ1v) is 12.0. The molecule has 0 saturated heterocycles. The summed E-state index contributed by atoms with van der Waals surface area (Å²) in [5.41, 5.74) is 2.11. The van der Waals surface area contributed by atoms with E-state index in [-0.39, 0.29) is 47.3 Å². The summed E-state index contributed by atoms with van der Waals surface area (Å²) in [5, 5.41) is 11.2. The van der Waals surface area contributed by atoms with Gasteiger partial charge in [-0.2, -0.15) is 0 Å². The zero-order valence-corrected chi connectivity index (χ0v) is 22.1. The molecule has 0 spiro atoms. The van der Waals surface area contributed by atoms with Gasteiger partial charge in [-0.1, -0.05) is 79.7 Å². The van der Waals surface area contributed by atoms with Crippen LogP contribution in [0.2, 0.25) is 0 Å². The summed E-state index contributed by atoms with van der Waals surface area (Å²) in [5.74, 6) is 0.136. The minimum atomic E-state index is -0.00389. The lowest BCUT2D eigenvalue weighted by Crippen LogP contribution is -2.37. The van der Waals surface area contributed by atoms with Crippen LogP contribution >= 0.6 is 0 Å². The predicted molar refractivity (Wildman–Crippen MR) is 136 cm³/mol. The van der Waals surface area contributed by atoms with Gasteiger partial charge in [-0.25, -0.2) is 0 Å². The van der Waals surface area contributed by atoms with E-state index >= 15 is 0 Å². The number of rotatable bonds is 11. The number of hydrogen-bond donors (Lipinski definition) is 4. The van der Waals surface area contributed by atoms with E-state index in [1.165, 1.54) is 0 Å². The van der Waals surface area contributed by atoms with Crippen molar-refractivity contribution < 1.29 is 19.2 Å². The van der Waals surface area contributed by atoms with Crippen LogP contribution in [0.5, 0.6) is 0 Å². The quantitative estimate of drug-likeness (QED) is 0.368. The van der Waals surface area contributed by atoms with Crippen molar-refractivity contribution in [2.45, 2.75) is 68.5 Å². The average Bonchev–Trinajstić information content (AvgIpc) is 2.78. The van der Waals surface area contributed by atoms with Crippen LogP contribution in [-0.2, 0) is 32.3 Å². The molecule has 0 saturated carbocycles. The summed E-state index contributed by atoms with van der Waals surface area (Å²) in [4.78, 5) is 45.1. The third-order valence-electron chi connectivity index (χ3n) is 4.78. The monoisotopic (exact) mass is 476 g/mol. The van der Waals surface area contributed by atoms with Crippen LogP contribution < -0.4 is 21.3 Å². The van der Waals surface area contributed by atoms with E-state index in [0.29, 0.717) is 26.2 Å². The molecule has 8 nitrogen and oxygen atoms in total. The first kappa shape index (κ1) is 31.1. The van der Waals surface area contributed by atoms with Gasteiger partial charge in [0.15, 0.2) is 0 Å². The Labute approximate surface area is 205 Å². The van der Waals surface area contributed by atoms with E-state index < -0.39 is 0 Å². The maximum Gasteiger partial charge on any atom is 0.222 e. The number of amides is 4. The third-order valence-corrected chi connectivity index (χ3v) is 4.78. The molecule has 0 radical (unpaired) electrons. The zero-order valence-electron chi connectivity index (χ0n) is 22.1. The van der Waals surface area contributed by atoms with E-state index in [1.807, 2.05) is 79.7 Å². The molecule has 0 atom stereocenters. The number of hydrogen-bond acceptors (Lipinski definition) is 4. The van der Waals surface area contributed by atoms with Gasteiger partial charge < -0.3 is 21.3 Å². The van der Waals surface area contributed by atoms with E-state index in [4.69, 9.17) is 0 Å². The Morgan fingerprint density at radius 2 is 0.735 bits per heavy atom. The summed E-state index contributed by atoms with van der Waals surface area (Å²) < 4.78 is 0. The molecule has 0 bridgehead atoms. The molecule has 1 aromatic rings. The highest BCUT2D eigenvalue weighted by atomic mass is 16.2. The van der Waals surface area contributed by atoms with Crippen molar-refractivity contribution in [1.82, 2.24) is 21.3 Å². The molecule has 4 amide bonds. The SMILES string of the molecule is CC(C)C(=O)NCCNC(=O)C(C)C.CC(C)C(=O)NCc1ccc(CNC(=O)C(C)C)cc1. The maximum atomic E-state index is 11.5. The molecule has 0 aliphatic rings. The average molecular weight is 477 g/mol. The third kappa shape index (κ3) is 14.3. The number of benzene rings is 1. The number of carbonyl (C=O) groups excluding carboxylic acids is 4. The van der Waals surface area contributed by atoms with Crippen molar-refractivity contribution in [2.75, 3.05) is 13.1 Å². The fourth-order valence-corrected chi connectivity index (χ4v) is 2.34. The minimum absolute atomic E-state index is 0.000481. The van der Waals surface area contributed by atoms with Crippen molar-refractivity contribution in [3.63, 3.8) is 0 Å². The van der Waals surface area contributed by atoms with Crippen molar-refractivity contribution in [1.29, 1.82) is 0 Å². The highest BCUT2D eigenvalue weighted by Gasteiger charge is 2.08. The fourth-order valence-electron chi connectivity index (χ4n) is 2.34. The van der Waals surface area contributed by atoms with Crippen molar-refractivity contribution in [3.05, 3.63) is 35.4 Å².